The molecule has 1 saturated heterocycles. The van der Waals surface area contributed by atoms with Gasteiger partial charge in [-0.05, 0) is 29.2 Å². The van der Waals surface area contributed by atoms with Crippen LogP contribution in [0.4, 0.5) is 18.9 Å². The Hall–Kier alpha value is -3.16. The van der Waals surface area contributed by atoms with Gasteiger partial charge in [0, 0.05) is 26.7 Å². The molecule has 0 aliphatic carbocycles. The number of aliphatic carboxylic acids is 1. The first-order valence-electron chi connectivity index (χ1n) is 11.4. The Balaban J connectivity index is 0.000000479. The zero-order valence-electron chi connectivity index (χ0n) is 20.0. The van der Waals surface area contributed by atoms with Crippen LogP contribution in [0.1, 0.15) is 29.2 Å². The summed E-state index contributed by atoms with van der Waals surface area (Å²) >= 11 is 0. The predicted molar refractivity (Wildman–Crippen MR) is 129 cm³/mol. The number of nitrogens with zero attached hydrogens (tertiary/aromatic N) is 2. The summed E-state index contributed by atoms with van der Waals surface area (Å²) in [5, 5.41) is 17.0. The fraction of sp³-hybridized carbons (Fsp3) is 0.417. The quantitative estimate of drug-likeness (QED) is 0.511. The van der Waals surface area contributed by atoms with E-state index in [-0.39, 0.29) is 30.2 Å². The molecule has 2 heterocycles. The number of rotatable bonds is 6. The maximum absolute atomic E-state index is 13.1. The highest BCUT2D eigenvalue weighted by atomic mass is 32.2. The van der Waals surface area contributed by atoms with Gasteiger partial charge in [0.2, 0.25) is 15.9 Å². The third kappa shape index (κ3) is 7.91. The van der Waals surface area contributed by atoms with Crippen LogP contribution >= 0.6 is 0 Å². The first-order valence-corrected chi connectivity index (χ1v) is 13.0. The Bertz CT molecular complexity index is 1220. The number of β-amino-alcohol motifs (C(OH)–C–C–N with tert-alkyl or cyclic N) is 1. The summed E-state index contributed by atoms with van der Waals surface area (Å²) in [6.45, 7) is 2.10. The molecule has 0 radical (unpaired) electrons. The number of hydrogen-bond acceptors (Lipinski definition) is 6. The van der Waals surface area contributed by atoms with Gasteiger partial charge in [0.25, 0.3) is 0 Å². The van der Waals surface area contributed by atoms with Gasteiger partial charge in [0.15, 0.2) is 0 Å². The maximum Gasteiger partial charge on any atom is 0.490 e. The third-order valence-electron chi connectivity index (χ3n) is 6.10. The van der Waals surface area contributed by atoms with E-state index >= 15 is 0 Å². The first kappa shape index (κ1) is 28.4. The van der Waals surface area contributed by atoms with Crippen LogP contribution in [0.15, 0.2) is 48.5 Å². The van der Waals surface area contributed by atoms with Crippen molar-refractivity contribution in [3.63, 3.8) is 0 Å². The maximum atomic E-state index is 13.1. The Labute approximate surface area is 212 Å². The highest BCUT2D eigenvalue weighted by Crippen LogP contribution is 2.29. The van der Waals surface area contributed by atoms with E-state index in [1.54, 1.807) is 23.1 Å². The number of sulfonamides is 1. The largest absolute Gasteiger partial charge is 0.490 e. The average molecular weight is 544 g/mol. The second-order valence-electron chi connectivity index (χ2n) is 8.97. The molecule has 0 bridgehead atoms. The summed E-state index contributed by atoms with van der Waals surface area (Å²) in [6, 6.07) is 15.1. The van der Waals surface area contributed by atoms with E-state index in [9.17, 15) is 31.5 Å². The predicted octanol–water partition coefficient (Wildman–Crippen LogP) is 2.38. The van der Waals surface area contributed by atoms with Crippen molar-refractivity contribution in [3.8, 4) is 0 Å². The van der Waals surface area contributed by atoms with Gasteiger partial charge < -0.3 is 15.1 Å². The number of nitrogens with one attached hydrogen (secondary N) is 1. The number of alkyl halides is 3. The summed E-state index contributed by atoms with van der Waals surface area (Å²) in [7, 11) is -1.49. The van der Waals surface area contributed by atoms with Crippen LogP contribution in [0, 0.1) is 0 Å². The zero-order chi connectivity index (χ0) is 27.4. The normalized spacial score (nSPS) is 19.2. The minimum Gasteiger partial charge on any atom is -0.475 e. The van der Waals surface area contributed by atoms with Gasteiger partial charge in [-0.2, -0.15) is 13.2 Å². The number of carbonyl (C=O) groups is 2. The molecule has 37 heavy (non-hydrogen) atoms. The number of amides is 1. The van der Waals surface area contributed by atoms with E-state index in [1.807, 2.05) is 37.4 Å². The summed E-state index contributed by atoms with van der Waals surface area (Å²) < 4.78 is 57.8. The number of carbonyl (C=O) groups excluding carboxylic acids is 1. The molecule has 2 aromatic carbocycles. The van der Waals surface area contributed by atoms with E-state index in [0.29, 0.717) is 24.3 Å². The molecule has 0 saturated carbocycles. The molecular formula is C24H28F3N3O6S. The molecule has 2 aliphatic rings. The lowest BCUT2D eigenvalue weighted by atomic mass is 10.0. The summed E-state index contributed by atoms with van der Waals surface area (Å²) in [5.74, 6) is -2.84. The van der Waals surface area contributed by atoms with Crippen molar-refractivity contribution in [2.24, 2.45) is 0 Å². The number of carboxylic acid groups (broad SMARTS) is 1. The van der Waals surface area contributed by atoms with E-state index in [0.717, 1.165) is 24.1 Å². The Morgan fingerprint density at radius 2 is 1.84 bits per heavy atom. The van der Waals surface area contributed by atoms with Crippen LogP contribution in [0.3, 0.4) is 0 Å². The van der Waals surface area contributed by atoms with Gasteiger partial charge in [-0.3, -0.25) is 14.4 Å². The summed E-state index contributed by atoms with van der Waals surface area (Å²) in [6.07, 6.45) is -4.43. The number of halogens is 3. The van der Waals surface area contributed by atoms with E-state index in [1.165, 1.54) is 0 Å². The average Bonchev–Trinajstić information content (AvgIpc) is 3.37. The monoisotopic (exact) mass is 543 g/mol. The van der Waals surface area contributed by atoms with Crippen LogP contribution in [-0.2, 0) is 31.8 Å². The molecular weight excluding hydrogens is 515 g/mol. The molecule has 202 valence electrons. The molecule has 2 aromatic rings. The van der Waals surface area contributed by atoms with E-state index in [2.05, 4.69) is 9.62 Å². The summed E-state index contributed by atoms with van der Waals surface area (Å²) in [4.78, 5) is 26.0. The van der Waals surface area contributed by atoms with Crippen molar-refractivity contribution >= 4 is 27.6 Å². The number of likely N-dealkylation sites (tertiary alicyclic amines) is 1. The zero-order valence-corrected chi connectivity index (χ0v) is 20.8. The number of carboxylic acids is 1. The number of anilines is 1. The standard InChI is InChI=1S/C22H27N3O4S.C2HF3O2/c1-24(21(17-5-3-2-4-6-17)14-25-10-9-19(26)13-25)22(27)12-16-7-8-20-18(11-16)15-30(28,29)23-20;3-2(4,5)1(6)7/h2-8,11,19,21,23,26H,9-10,12-15H2,1H3;(H,6,7)/t19-,21+;/m0./s1. The Kier molecular flexibility index (Phi) is 8.82. The molecule has 0 spiro atoms. The molecule has 2 aliphatic heterocycles. The van der Waals surface area contributed by atoms with Crippen molar-refractivity contribution in [2.75, 3.05) is 31.4 Å². The molecule has 3 N–H and O–H groups in total. The SMILES string of the molecule is CN(C(=O)Cc1ccc2c(c1)CS(=O)(=O)N2)[C@H](CN1CC[C@H](O)C1)c1ccccc1.O=C(O)C(F)(F)F. The number of fused-ring (bicyclic) bond motifs is 1. The van der Waals surface area contributed by atoms with Gasteiger partial charge in [-0.15, -0.1) is 0 Å². The van der Waals surface area contributed by atoms with Crippen LogP contribution in [0.5, 0.6) is 0 Å². The van der Waals surface area contributed by atoms with Crippen LogP contribution in [0.2, 0.25) is 0 Å². The van der Waals surface area contributed by atoms with Gasteiger partial charge in [-0.25, -0.2) is 13.2 Å². The molecule has 0 aromatic heterocycles. The second kappa shape index (κ2) is 11.5. The molecule has 1 fully saturated rings. The summed E-state index contributed by atoms with van der Waals surface area (Å²) in [5.41, 5.74) is 3.15. The number of benzene rings is 2. The van der Waals surface area contributed by atoms with E-state index < -0.39 is 22.2 Å². The van der Waals surface area contributed by atoms with Crippen molar-refractivity contribution in [2.45, 2.75) is 36.9 Å². The molecule has 2 atom stereocenters. The minimum atomic E-state index is -5.08. The molecule has 0 unspecified atom stereocenters. The number of likely N-dealkylation sites (N-methyl/N-ethyl adjacent to an activating group) is 1. The van der Waals surface area contributed by atoms with Crippen molar-refractivity contribution in [1.82, 2.24) is 9.80 Å². The van der Waals surface area contributed by atoms with Crippen molar-refractivity contribution in [3.05, 3.63) is 65.2 Å². The Morgan fingerprint density at radius 3 is 2.41 bits per heavy atom. The highest BCUT2D eigenvalue weighted by molar-refractivity contribution is 7.92. The van der Waals surface area contributed by atoms with Gasteiger partial charge in [0.05, 0.1) is 30.0 Å². The second-order valence-corrected chi connectivity index (χ2v) is 10.7. The molecule has 13 heteroatoms. The van der Waals surface area contributed by atoms with Crippen molar-refractivity contribution in [1.29, 1.82) is 0 Å². The fourth-order valence-electron chi connectivity index (χ4n) is 4.21. The lowest BCUT2D eigenvalue weighted by molar-refractivity contribution is -0.192. The van der Waals surface area contributed by atoms with Gasteiger partial charge in [-0.1, -0.05) is 42.5 Å². The van der Waals surface area contributed by atoms with Crippen LogP contribution in [0.25, 0.3) is 0 Å². The fourth-order valence-corrected chi connectivity index (χ4v) is 5.46. The highest BCUT2D eigenvalue weighted by Gasteiger charge is 2.38. The third-order valence-corrected chi connectivity index (χ3v) is 7.32. The van der Waals surface area contributed by atoms with Gasteiger partial charge in [0.1, 0.15) is 0 Å². The smallest absolute Gasteiger partial charge is 0.475 e. The van der Waals surface area contributed by atoms with E-state index in [4.69, 9.17) is 9.90 Å². The first-order chi connectivity index (χ1) is 17.2. The number of aliphatic hydroxyl groups is 1. The molecule has 4 rings (SSSR count). The van der Waals surface area contributed by atoms with Crippen LogP contribution < -0.4 is 4.72 Å². The lowest BCUT2D eigenvalue weighted by Gasteiger charge is -2.32. The Morgan fingerprint density at radius 1 is 1.19 bits per heavy atom. The van der Waals surface area contributed by atoms with Crippen LogP contribution in [-0.4, -0.2) is 79.3 Å². The van der Waals surface area contributed by atoms with Gasteiger partial charge >= 0.3 is 12.1 Å². The number of aliphatic hydroxyl groups excluding tert-OH is 1. The number of hydrogen-bond donors (Lipinski definition) is 3. The lowest BCUT2D eigenvalue weighted by Crippen LogP contribution is -2.39. The van der Waals surface area contributed by atoms with Crippen molar-refractivity contribution < 1.29 is 41.4 Å². The minimum absolute atomic E-state index is 0.0302. The topological polar surface area (TPSA) is 127 Å². The molecule has 1 amide bonds. The molecule has 9 nitrogen and oxygen atoms in total.